The molecule has 5 heteroatoms. The Morgan fingerprint density at radius 3 is 2.42 bits per heavy atom. The average molecular weight is 349 g/mol. The fourth-order valence-corrected chi connectivity index (χ4v) is 3.81. The van der Waals surface area contributed by atoms with E-state index in [4.69, 9.17) is 10.7 Å². The summed E-state index contributed by atoms with van der Waals surface area (Å²) in [5, 5.41) is 3.65. The van der Waals surface area contributed by atoms with Gasteiger partial charge in [-0.25, -0.2) is 0 Å². The number of anilines is 1. The summed E-state index contributed by atoms with van der Waals surface area (Å²) < 4.78 is 0. The molecule has 1 fully saturated rings. The van der Waals surface area contributed by atoms with Crippen LogP contribution < -0.4 is 11.1 Å². The van der Waals surface area contributed by atoms with Gasteiger partial charge in [-0.05, 0) is 51.2 Å². The lowest BCUT2D eigenvalue weighted by Gasteiger charge is -2.31. The molecule has 1 aliphatic rings. The number of nitrogens with two attached hydrogens (primary N) is 1. The van der Waals surface area contributed by atoms with Crippen molar-refractivity contribution in [3.63, 3.8) is 0 Å². The molecule has 0 aromatic heterocycles. The number of rotatable bonds is 6. The topological polar surface area (TPSA) is 53.6 Å². The summed E-state index contributed by atoms with van der Waals surface area (Å²) in [5.41, 5.74) is 10.6. The molecule has 1 aromatic rings. The first-order valence-corrected chi connectivity index (χ1v) is 10.2. The Morgan fingerprint density at radius 2 is 1.79 bits per heavy atom. The quantitative estimate of drug-likeness (QED) is 0.469. The van der Waals surface area contributed by atoms with Crippen LogP contribution in [0.4, 0.5) is 5.69 Å². The van der Waals surface area contributed by atoms with Crippen LogP contribution in [0.15, 0.2) is 17.1 Å². The Labute approximate surface area is 151 Å². The van der Waals surface area contributed by atoms with E-state index in [1.165, 1.54) is 41.6 Å². The zero-order chi connectivity index (χ0) is 17.4. The van der Waals surface area contributed by atoms with Crippen LogP contribution >= 0.6 is 11.8 Å². The number of thioether (sulfide) groups is 1. The van der Waals surface area contributed by atoms with Gasteiger partial charge in [-0.15, -0.1) is 0 Å². The van der Waals surface area contributed by atoms with E-state index >= 15 is 0 Å². The lowest BCUT2D eigenvalue weighted by molar-refractivity contribution is 0.340. The van der Waals surface area contributed by atoms with Gasteiger partial charge >= 0.3 is 0 Å². The van der Waals surface area contributed by atoms with Crippen LogP contribution in [-0.4, -0.2) is 48.5 Å². The molecule has 0 amide bonds. The molecule has 134 valence electrons. The van der Waals surface area contributed by atoms with Crippen molar-refractivity contribution in [1.82, 2.24) is 4.90 Å². The van der Waals surface area contributed by atoms with E-state index in [0.717, 1.165) is 43.6 Å². The second-order valence-electron chi connectivity index (χ2n) is 6.55. The zero-order valence-electron chi connectivity index (χ0n) is 15.4. The Kier molecular flexibility index (Phi) is 7.92. The average Bonchev–Trinajstić information content (AvgIpc) is 2.56. The summed E-state index contributed by atoms with van der Waals surface area (Å²) in [6.45, 7) is 10.3. The van der Waals surface area contributed by atoms with Gasteiger partial charge in [0.2, 0.25) is 0 Å². The lowest BCUT2D eigenvalue weighted by atomic mass is 10.1. The number of hydrogen-bond acceptors (Lipinski definition) is 3. The summed E-state index contributed by atoms with van der Waals surface area (Å²) in [7, 11) is 0. The van der Waals surface area contributed by atoms with Crippen molar-refractivity contribution >= 4 is 23.4 Å². The standard InChI is InChI=1S/C19H32N4S/c1-15-13-16(2)18(17(3)14-15)22-19(21-8-12-24-11-7-20)23-9-5-4-6-10-23/h13-14H,4-12,20H2,1-3H3,(H,21,22). The highest BCUT2D eigenvalue weighted by molar-refractivity contribution is 7.99. The molecule has 0 spiro atoms. The first-order chi connectivity index (χ1) is 11.6. The molecule has 3 N–H and O–H groups in total. The summed E-state index contributed by atoms with van der Waals surface area (Å²) in [6, 6.07) is 4.47. The van der Waals surface area contributed by atoms with Crippen molar-refractivity contribution in [3.8, 4) is 0 Å². The highest BCUT2D eigenvalue weighted by Crippen LogP contribution is 2.23. The number of nitrogens with one attached hydrogen (secondary N) is 1. The first-order valence-electron chi connectivity index (χ1n) is 9.04. The van der Waals surface area contributed by atoms with E-state index in [1.807, 2.05) is 11.8 Å². The fourth-order valence-electron chi connectivity index (χ4n) is 3.21. The highest BCUT2D eigenvalue weighted by Gasteiger charge is 2.16. The minimum atomic E-state index is 0.743. The summed E-state index contributed by atoms with van der Waals surface area (Å²) in [5.74, 6) is 3.08. The van der Waals surface area contributed by atoms with Gasteiger partial charge in [-0.1, -0.05) is 17.7 Å². The zero-order valence-corrected chi connectivity index (χ0v) is 16.2. The van der Waals surface area contributed by atoms with E-state index in [1.54, 1.807) is 0 Å². The Balaban J connectivity index is 2.11. The van der Waals surface area contributed by atoms with Gasteiger partial charge in [0.25, 0.3) is 0 Å². The van der Waals surface area contributed by atoms with Gasteiger partial charge in [0.15, 0.2) is 5.96 Å². The van der Waals surface area contributed by atoms with E-state index in [2.05, 4.69) is 43.1 Å². The summed E-state index contributed by atoms with van der Waals surface area (Å²) in [6.07, 6.45) is 3.85. The molecule has 1 aliphatic heterocycles. The predicted octanol–water partition coefficient (Wildman–Crippen LogP) is 3.56. The van der Waals surface area contributed by atoms with Gasteiger partial charge in [0.05, 0.1) is 6.54 Å². The van der Waals surface area contributed by atoms with E-state index in [9.17, 15) is 0 Å². The maximum absolute atomic E-state index is 5.56. The van der Waals surface area contributed by atoms with E-state index in [0.29, 0.717) is 0 Å². The normalized spacial score (nSPS) is 15.7. The minimum absolute atomic E-state index is 0.743. The van der Waals surface area contributed by atoms with Crippen LogP contribution in [0.2, 0.25) is 0 Å². The molecule has 0 radical (unpaired) electrons. The van der Waals surface area contributed by atoms with Crippen LogP contribution in [0.25, 0.3) is 0 Å². The van der Waals surface area contributed by atoms with Crippen molar-refractivity contribution in [2.75, 3.05) is 43.0 Å². The molecular formula is C19H32N4S. The van der Waals surface area contributed by atoms with Crippen LogP contribution in [0.1, 0.15) is 36.0 Å². The number of aryl methyl sites for hydroxylation is 3. The number of guanidine groups is 1. The van der Waals surface area contributed by atoms with Crippen LogP contribution in [0.5, 0.6) is 0 Å². The monoisotopic (exact) mass is 348 g/mol. The number of aliphatic imine (C=N–C) groups is 1. The largest absolute Gasteiger partial charge is 0.343 e. The van der Waals surface area contributed by atoms with Crippen LogP contribution in [0, 0.1) is 20.8 Å². The second kappa shape index (κ2) is 9.94. The first kappa shape index (κ1) is 19.1. The molecule has 2 rings (SSSR count). The fraction of sp³-hybridized carbons (Fsp3) is 0.632. The van der Waals surface area contributed by atoms with E-state index < -0.39 is 0 Å². The molecule has 0 atom stereocenters. The Morgan fingerprint density at radius 1 is 1.12 bits per heavy atom. The molecule has 1 saturated heterocycles. The molecule has 0 unspecified atom stereocenters. The molecule has 4 nitrogen and oxygen atoms in total. The minimum Gasteiger partial charge on any atom is -0.343 e. The third-order valence-corrected chi connectivity index (χ3v) is 5.32. The van der Waals surface area contributed by atoms with Crippen molar-refractivity contribution in [3.05, 3.63) is 28.8 Å². The lowest BCUT2D eigenvalue weighted by Crippen LogP contribution is -2.40. The van der Waals surface area contributed by atoms with Crippen molar-refractivity contribution in [2.24, 2.45) is 10.7 Å². The summed E-state index contributed by atoms with van der Waals surface area (Å²) >= 11 is 1.88. The molecular weight excluding hydrogens is 316 g/mol. The van der Waals surface area contributed by atoms with Gasteiger partial charge in [-0.2, -0.15) is 11.8 Å². The maximum atomic E-state index is 5.56. The Hall–Kier alpha value is -1.20. The maximum Gasteiger partial charge on any atom is 0.198 e. The number of likely N-dealkylation sites (tertiary alicyclic amines) is 1. The molecule has 24 heavy (non-hydrogen) atoms. The third kappa shape index (κ3) is 5.71. The van der Waals surface area contributed by atoms with E-state index in [-0.39, 0.29) is 0 Å². The predicted molar refractivity (Wildman–Crippen MR) is 108 cm³/mol. The number of piperidine rings is 1. The number of nitrogens with zero attached hydrogens (tertiary/aromatic N) is 2. The number of benzene rings is 1. The third-order valence-electron chi connectivity index (χ3n) is 4.33. The Bertz CT molecular complexity index is 527. The molecule has 0 saturated carbocycles. The van der Waals surface area contributed by atoms with Crippen molar-refractivity contribution in [2.45, 2.75) is 40.0 Å². The SMILES string of the molecule is Cc1cc(C)c(NC(=NCCSCCN)N2CCCCC2)c(C)c1. The second-order valence-corrected chi connectivity index (χ2v) is 7.78. The van der Waals surface area contributed by atoms with Crippen molar-refractivity contribution < 1.29 is 0 Å². The number of hydrogen-bond donors (Lipinski definition) is 2. The molecule has 1 heterocycles. The van der Waals surface area contributed by atoms with Crippen molar-refractivity contribution in [1.29, 1.82) is 0 Å². The van der Waals surface area contributed by atoms with Gasteiger partial charge in [0, 0.05) is 36.8 Å². The molecule has 0 aliphatic carbocycles. The van der Waals surface area contributed by atoms with Crippen LogP contribution in [-0.2, 0) is 0 Å². The molecule has 0 bridgehead atoms. The highest BCUT2D eigenvalue weighted by atomic mass is 32.2. The molecule has 1 aromatic carbocycles. The smallest absolute Gasteiger partial charge is 0.198 e. The van der Waals surface area contributed by atoms with Gasteiger partial charge in [-0.3, -0.25) is 4.99 Å². The van der Waals surface area contributed by atoms with Gasteiger partial charge < -0.3 is 16.0 Å². The summed E-state index contributed by atoms with van der Waals surface area (Å²) in [4.78, 5) is 7.30. The van der Waals surface area contributed by atoms with Crippen LogP contribution in [0.3, 0.4) is 0 Å². The van der Waals surface area contributed by atoms with Gasteiger partial charge in [0.1, 0.15) is 0 Å².